The van der Waals surface area contributed by atoms with Gasteiger partial charge in [-0.3, -0.25) is 4.79 Å². The number of hydrogen-bond donors (Lipinski definition) is 1. The highest BCUT2D eigenvalue weighted by molar-refractivity contribution is 7.88. The van der Waals surface area contributed by atoms with Gasteiger partial charge in [0.1, 0.15) is 6.54 Å². The molecule has 0 aliphatic rings. The Morgan fingerprint density at radius 3 is 2.39 bits per heavy atom. The third kappa shape index (κ3) is 4.01. The fourth-order valence-electron chi connectivity index (χ4n) is 1.28. The molecule has 0 aliphatic heterocycles. The molecule has 0 amide bonds. The van der Waals surface area contributed by atoms with Gasteiger partial charge < -0.3 is 10.5 Å². The van der Waals surface area contributed by atoms with Gasteiger partial charge in [0.25, 0.3) is 0 Å². The van der Waals surface area contributed by atoms with E-state index in [0.717, 1.165) is 4.31 Å². The lowest BCUT2D eigenvalue weighted by Gasteiger charge is -2.15. The van der Waals surface area contributed by atoms with Crippen molar-refractivity contribution < 1.29 is 17.9 Å². The van der Waals surface area contributed by atoms with Crippen molar-refractivity contribution >= 4 is 21.7 Å². The first kappa shape index (κ1) is 14.5. The molecule has 0 saturated carbocycles. The minimum Gasteiger partial charge on any atom is -0.468 e. The first-order chi connectivity index (χ1) is 8.35. The Morgan fingerprint density at radius 2 is 1.89 bits per heavy atom. The van der Waals surface area contributed by atoms with Crippen molar-refractivity contribution in [3.63, 3.8) is 0 Å². The third-order valence-corrected chi connectivity index (χ3v) is 4.16. The molecule has 1 aromatic rings. The average Bonchev–Trinajstić information content (AvgIpc) is 2.31. The molecule has 18 heavy (non-hydrogen) atoms. The molecule has 0 unspecified atom stereocenters. The maximum absolute atomic E-state index is 11.9. The molecule has 6 nitrogen and oxygen atoms in total. The summed E-state index contributed by atoms with van der Waals surface area (Å²) in [6, 6.07) is 6.54. The van der Waals surface area contributed by atoms with Gasteiger partial charge in [-0.2, -0.15) is 4.31 Å². The number of nitrogens with two attached hydrogens (primary N) is 1. The van der Waals surface area contributed by atoms with E-state index in [1.165, 1.54) is 14.2 Å². The van der Waals surface area contributed by atoms with Gasteiger partial charge in [0, 0.05) is 12.7 Å². The molecule has 0 bridgehead atoms. The summed E-state index contributed by atoms with van der Waals surface area (Å²) in [7, 11) is -0.992. The maximum Gasteiger partial charge on any atom is 0.320 e. The van der Waals surface area contributed by atoms with Gasteiger partial charge in [0.2, 0.25) is 10.0 Å². The number of anilines is 1. The van der Waals surface area contributed by atoms with Crippen molar-refractivity contribution in [2.75, 3.05) is 26.4 Å². The van der Waals surface area contributed by atoms with Gasteiger partial charge >= 0.3 is 5.97 Å². The van der Waals surface area contributed by atoms with E-state index in [9.17, 15) is 13.2 Å². The molecule has 2 N–H and O–H groups in total. The number of nitrogen functional groups attached to an aromatic ring is 1. The Balaban J connectivity index is 2.75. The van der Waals surface area contributed by atoms with Gasteiger partial charge in [0.05, 0.1) is 12.9 Å². The number of benzene rings is 1. The first-order valence-electron chi connectivity index (χ1n) is 5.20. The molecular weight excluding hydrogens is 256 g/mol. The lowest BCUT2D eigenvalue weighted by molar-refractivity contribution is -0.140. The van der Waals surface area contributed by atoms with E-state index in [4.69, 9.17) is 5.73 Å². The molecule has 0 spiro atoms. The largest absolute Gasteiger partial charge is 0.468 e. The number of rotatable bonds is 5. The Morgan fingerprint density at radius 1 is 1.33 bits per heavy atom. The number of carbonyl (C=O) groups excluding carboxylic acids is 1. The number of ether oxygens (including phenoxy) is 1. The molecular formula is C11H16N2O4S. The molecule has 0 heterocycles. The fraction of sp³-hybridized carbons (Fsp3) is 0.364. The van der Waals surface area contributed by atoms with E-state index in [2.05, 4.69) is 4.74 Å². The second kappa shape index (κ2) is 5.83. The van der Waals surface area contributed by atoms with Crippen LogP contribution in [0.15, 0.2) is 24.3 Å². The molecule has 0 aromatic heterocycles. The predicted molar refractivity (Wildman–Crippen MR) is 68.1 cm³/mol. The molecule has 7 heteroatoms. The van der Waals surface area contributed by atoms with Crippen molar-refractivity contribution in [3.05, 3.63) is 29.8 Å². The summed E-state index contributed by atoms with van der Waals surface area (Å²) in [6.45, 7) is -0.298. The van der Waals surface area contributed by atoms with Gasteiger partial charge in [-0.05, 0) is 17.7 Å². The van der Waals surface area contributed by atoms with Crippen LogP contribution in [0.1, 0.15) is 5.56 Å². The van der Waals surface area contributed by atoms with E-state index < -0.39 is 16.0 Å². The highest BCUT2D eigenvalue weighted by Gasteiger charge is 2.21. The van der Waals surface area contributed by atoms with Gasteiger partial charge in [-0.15, -0.1) is 0 Å². The maximum atomic E-state index is 11.9. The van der Waals surface area contributed by atoms with Crippen LogP contribution in [0, 0.1) is 0 Å². The van der Waals surface area contributed by atoms with Crippen LogP contribution >= 0.6 is 0 Å². The van der Waals surface area contributed by atoms with Crippen LogP contribution < -0.4 is 5.73 Å². The lowest BCUT2D eigenvalue weighted by atomic mass is 10.2. The molecule has 100 valence electrons. The minimum atomic E-state index is -3.54. The normalized spacial score (nSPS) is 11.5. The van der Waals surface area contributed by atoms with E-state index in [-0.39, 0.29) is 12.3 Å². The number of carbonyl (C=O) groups is 1. The van der Waals surface area contributed by atoms with Crippen LogP contribution in [0.3, 0.4) is 0 Å². The molecule has 1 aromatic carbocycles. The molecule has 0 atom stereocenters. The third-order valence-electron chi connectivity index (χ3n) is 2.38. The van der Waals surface area contributed by atoms with Crippen LogP contribution in [0.4, 0.5) is 5.69 Å². The Bertz CT molecular complexity index is 510. The minimum absolute atomic E-state index is 0.180. The number of sulfonamides is 1. The number of methoxy groups -OCH3 is 1. The Kier molecular flexibility index (Phi) is 4.69. The number of hydrogen-bond acceptors (Lipinski definition) is 5. The number of likely N-dealkylation sites (N-methyl/N-ethyl adjacent to an activating group) is 1. The zero-order valence-electron chi connectivity index (χ0n) is 10.3. The average molecular weight is 272 g/mol. The number of nitrogens with zero attached hydrogens (tertiary/aromatic N) is 1. The zero-order chi connectivity index (χ0) is 13.8. The van der Waals surface area contributed by atoms with Gasteiger partial charge in [-0.1, -0.05) is 12.1 Å². The highest BCUT2D eigenvalue weighted by Crippen LogP contribution is 2.11. The molecule has 0 radical (unpaired) electrons. The van der Waals surface area contributed by atoms with E-state index in [1.54, 1.807) is 24.3 Å². The molecule has 0 fully saturated rings. The molecule has 0 aliphatic carbocycles. The predicted octanol–water partition coefficient (Wildman–Crippen LogP) is 0.203. The van der Waals surface area contributed by atoms with Crippen LogP contribution in [-0.4, -0.2) is 39.4 Å². The standard InChI is InChI=1S/C11H16N2O4S/c1-13(7-11(14)17-2)18(15,16)8-9-3-5-10(12)6-4-9/h3-6H,7-8,12H2,1-2H3. The van der Waals surface area contributed by atoms with Crippen molar-refractivity contribution in [2.24, 2.45) is 0 Å². The summed E-state index contributed by atoms with van der Waals surface area (Å²) < 4.78 is 29.2. The molecule has 1 rings (SSSR count). The van der Waals surface area contributed by atoms with Crippen LogP contribution in [0.25, 0.3) is 0 Å². The molecule has 0 saturated heterocycles. The summed E-state index contributed by atoms with van der Waals surface area (Å²) in [5, 5.41) is 0. The van der Waals surface area contributed by atoms with Gasteiger partial charge in [-0.25, -0.2) is 8.42 Å². The topological polar surface area (TPSA) is 89.7 Å². The monoisotopic (exact) mass is 272 g/mol. The summed E-state index contributed by atoms with van der Waals surface area (Å²) >= 11 is 0. The smallest absolute Gasteiger partial charge is 0.320 e. The first-order valence-corrected chi connectivity index (χ1v) is 6.81. The van der Waals surface area contributed by atoms with E-state index >= 15 is 0 Å². The lowest BCUT2D eigenvalue weighted by Crippen LogP contribution is -2.33. The summed E-state index contributed by atoms with van der Waals surface area (Å²) in [5.41, 5.74) is 6.69. The van der Waals surface area contributed by atoms with Crippen LogP contribution in [-0.2, 0) is 25.3 Å². The van der Waals surface area contributed by atoms with E-state index in [1.807, 2.05) is 0 Å². The quantitative estimate of drug-likeness (QED) is 0.611. The fourth-order valence-corrected chi connectivity index (χ4v) is 2.42. The summed E-state index contributed by atoms with van der Waals surface area (Å²) in [4.78, 5) is 11.0. The Hall–Kier alpha value is -1.60. The van der Waals surface area contributed by atoms with Gasteiger partial charge in [0.15, 0.2) is 0 Å². The van der Waals surface area contributed by atoms with E-state index in [0.29, 0.717) is 11.3 Å². The summed E-state index contributed by atoms with van der Waals surface area (Å²) in [6.07, 6.45) is 0. The summed E-state index contributed by atoms with van der Waals surface area (Å²) in [5.74, 6) is -0.779. The highest BCUT2D eigenvalue weighted by atomic mass is 32.2. The van der Waals surface area contributed by atoms with Crippen molar-refractivity contribution in [1.29, 1.82) is 0 Å². The number of esters is 1. The van der Waals surface area contributed by atoms with Crippen molar-refractivity contribution in [3.8, 4) is 0 Å². The van der Waals surface area contributed by atoms with Crippen LogP contribution in [0.2, 0.25) is 0 Å². The van der Waals surface area contributed by atoms with Crippen molar-refractivity contribution in [1.82, 2.24) is 4.31 Å². The second-order valence-corrected chi connectivity index (χ2v) is 5.91. The zero-order valence-corrected chi connectivity index (χ0v) is 11.1. The van der Waals surface area contributed by atoms with Crippen LogP contribution in [0.5, 0.6) is 0 Å². The Labute approximate surface area is 106 Å². The van der Waals surface area contributed by atoms with Crippen molar-refractivity contribution in [2.45, 2.75) is 5.75 Å². The SMILES string of the molecule is COC(=O)CN(C)S(=O)(=O)Cc1ccc(N)cc1. The second-order valence-electron chi connectivity index (χ2n) is 3.83.